The fourth-order valence-electron chi connectivity index (χ4n) is 3.17. The number of benzene rings is 2. The summed E-state index contributed by atoms with van der Waals surface area (Å²) < 4.78 is 19.8. The van der Waals surface area contributed by atoms with Crippen LogP contribution in [0.5, 0.6) is 5.75 Å². The lowest BCUT2D eigenvalue weighted by molar-refractivity contribution is 0.124. The summed E-state index contributed by atoms with van der Waals surface area (Å²) in [6, 6.07) is 16.5. The van der Waals surface area contributed by atoms with Crippen LogP contribution in [0.2, 0.25) is 0 Å². The van der Waals surface area contributed by atoms with Crippen molar-refractivity contribution in [3.63, 3.8) is 0 Å². The Bertz CT molecular complexity index is 711. The Labute approximate surface area is 142 Å². The van der Waals surface area contributed by atoms with E-state index in [-0.39, 0.29) is 5.82 Å². The first-order chi connectivity index (χ1) is 11.7. The number of halogens is 1. The highest BCUT2D eigenvalue weighted by Gasteiger charge is 2.21. The Morgan fingerprint density at radius 3 is 2.83 bits per heavy atom. The van der Waals surface area contributed by atoms with Crippen molar-refractivity contribution >= 4 is 0 Å². The molecule has 0 aromatic heterocycles. The topological polar surface area (TPSA) is 36.3 Å². The van der Waals surface area contributed by atoms with Crippen molar-refractivity contribution in [1.29, 1.82) is 5.26 Å². The van der Waals surface area contributed by atoms with Gasteiger partial charge < -0.3 is 4.74 Å². The quantitative estimate of drug-likeness (QED) is 0.834. The Morgan fingerprint density at radius 1 is 1.21 bits per heavy atom. The van der Waals surface area contributed by atoms with E-state index < -0.39 is 0 Å². The third kappa shape index (κ3) is 4.33. The zero-order valence-corrected chi connectivity index (χ0v) is 13.6. The second kappa shape index (κ2) is 7.94. The van der Waals surface area contributed by atoms with E-state index in [4.69, 9.17) is 10.00 Å². The zero-order valence-electron chi connectivity index (χ0n) is 13.6. The second-order valence-electron chi connectivity index (χ2n) is 6.29. The number of hydrogen-bond donors (Lipinski definition) is 0. The molecule has 0 amide bonds. The van der Waals surface area contributed by atoms with E-state index in [9.17, 15) is 4.39 Å². The summed E-state index contributed by atoms with van der Waals surface area (Å²) in [4.78, 5) is 2.25. The second-order valence-corrected chi connectivity index (χ2v) is 6.29. The molecule has 2 aromatic rings. The van der Waals surface area contributed by atoms with Crippen molar-refractivity contribution in [2.75, 3.05) is 19.7 Å². The number of nitriles is 1. The highest BCUT2D eigenvalue weighted by Crippen LogP contribution is 2.21. The number of likely N-dealkylation sites (tertiary alicyclic amines) is 1. The number of para-hydroxylation sites is 1. The first-order valence-electron chi connectivity index (χ1n) is 8.33. The molecule has 0 bridgehead atoms. The van der Waals surface area contributed by atoms with Crippen molar-refractivity contribution in [3.8, 4) is 11.8 Å². The van der Waals surface area contributed by atoms with Crippen LogP contribution in [0, 0.1) is 23.1 Å². The summed E-state index contributed by atoms with van der Waals surface area (Å²) in [5.41, 5.74) is 1.10. The molecule has 4 heteroatoms. The maximum Gasteiger partial charge on any atom is 0.127 e. The molecule has 124 valence electrons. The Balaban J connectivity index is 1.57. The molecule has 1 aliphatic rings. The van der Waals surface area contributed by atoms with Crippen LogP contribution in [-0.4, -0.2) is 24.6 Å². The number of ether oxygens (including phenoxy) is 1. The molecular weight excluding hydrogens is 303 g/mol. The fraction of sp³-hybridized carbons (Fsp3) is 0.350. The van der Waals surface area contributed by atoms with Crippen LogP contribution in [0.4, 0.5) is 4.39 Å². The van der Waals surface area contributed by atoms with Crippen molar-refractivity contribution in [3.05, 3.63) is 65.5 Å². The van der Waals surface area contributed by atoms with Gasteiger partial charge in [0, 0.05) is 24.6 Å². The summed E-state index contributed by atoms with van der Waals surface area (Å²) in [6.45, 7) is 3.07. The Kier molecular flexibility index (Phi) is 5.45. The highest BCUT2D eigenvalue weighted by molar-refractivity contribution is 5.33. The van der Waals surface area contributed by atoms with Gasteiger partial charge in [0.1, 0.15) is 11.6 Å². The van der Waals surface area contributed by atoms with E-state index >= 15 is 0 Å². The molecule has 2 aromatic carbocycles. The first-order valence-corrected chi connectivity index (χ1v) is 8.33. The van der Waals surface area contributed by atoms with Gasteiger partial charge in [-0.05, 0) is 49.7 Å². The largest absolute Gasteiger partial charge is 0.493 e. The van der Waals surface area contributed by atoms with Gasteiger partial charge >= 0.3 is 0 Å². The van der Waals surface area contributed by atoms with Gasteiger partial charge in [-0.2, -0.15) is 5.26 Å². The molecule has 3 rings (SSSR count). The molecule has 0 saturated carbocycles. The average Bonchev–Trinajstić information content (AvgIpc) is 2.63. The summed E-state index contributed by atoms with van der Waals surface area (Å²) in [6.07, 6.45) is 2.21. The standard InChI is InChI=1S/C20H21FN2O/c21-20-9-8-16(12-22)11-18(20)14-23-10-4-5-17(13-23)15-24-19-6-2-1-3-7-19/h1-3,6-9,11,17H,4-5,10,13-15H2. The molecule has 24 heavy (non-hydrogen) atoms. The minimum absolute atomic E-state index is 0.239. The smallest absolute Gasteiger partial charge is 0.127 e. The van der Waals surface area contributed by atoms with Crippen LogP contribution in [0.1, 0.15) is 24.0 Å². The summed E-state index contributed by atoms with van der Waals surface area (Å²) in [5, 5.41) is 8.98. The van der Waals surface area contributed by atoms with Gasteiger partial charge in [-0.1, -0.05) is 18.2 Å². The number of hydrogen-bond acceptors (Lipinski definition) is 3. The summed E-state index contributed by atoms with van der Waals surface area (Å²) >= 11 is 0. The third-order valence-corrected chi connectivity index (χ3v) is 4.40. The van der Waals surface area contributed by atoms with Gasteiger partial charge in [0.2, 0.25) is 0 Å². The monoisotopic (exact) mass is 324 g/mol. The molecule has 1 unspecified atom stereocenters. The molecule has 1 aliphatic heterocycles. The predicted molar refractivity (Wildman–Crippen MR) is 91.1 cm³/mol. The Hall–Kier alpha value is -2.38. The van der Waals surface area contributed by atoms with Gasteiger partial charge in [-0.3, -0.25) is 4.90 Å². The van der Waals surface area contributed by atoms with Crippen LogP contribution < -0.4 is 4.74 Å². The normalized spacial score (nSPS) is 18.1. The molecule has 0 aliphatic carbocycles. The third-order valence-electron chi connectivity index (χ3n) is 4.40. The van der Waals surface area contributed by atoms with E-state index in [0.29, 0.717) is 30.2 Å². The highest BCUT2D eigenvalue weighted by atomic mass is 19.1. The number of rotatable bonds is 5. The molecular formula is C20H21FN2O. The minimum atomic E-state index is -0.239. The summed E-state index contributed by atoms with van der Waals surface area (Å²) in [7, 11) is 0. The average molecular weight is 324 g/mol. The van der Waals surface area contributed by atoms with E-state index in [1.165, 1.54) is 12.1 Å². The number of nitrogens with zero attached hydrogens (tertiary/aromatic N) is 2. The zero-order chi connectivity index (χ0) is 16.8. The lowest BCUT2D eigenvalue weighted by Gasteiger charge is -2.32. The van der Waals surface area contributed by atoms with Crippen LogP contribution in [0.15, 0.2) is 48.5 Å². The molecule has 3 nitrogen and oxygen atoms in total. The van der Waals surface area contributed by atoms with Crippen molar-refractivity contribution in [2.45, 2.75) is 19.4 Å². The van der Waals surface area contributed by atoms with E-state index in [2.05, 4.69) is 11.0 Å². The first kappa shape index (κ1) is 16.5. The van der Waals surface area contributed by atoms with E-state index in [0.717, 1.165) is 31.7 Å². The molecule has 1 saturated heterocycles. The maximum atomic E-state index is 14.0. The van der Waals surface area contributed by atoms with Crippen LogP contribution >= 0.6 is 0 Å². The summed E-state index contributed by atoms with van der Waals surface area (Å²) in [5.74, 6) is 1.10. The number of piperidine rings is 1. The molecule has 0 N–H and O–H groups in total. The molecule has 1 heterocycles. The van der Waals surface area contributed by atoms with Gasteiger partial charge in [-0.25, -0.2) is 4.39 Å². The Morgan fingerprint density at radius 2 is 2.04 bits per heavy atom. The fourth-order valence-corrected chi connectivity index (χ4v) is 3.17. The van der Waals surface area contributed by atoms with Gasteiger partial charge in [0.15, 0.2) is 0 Å². The lowest BCUT2D eigenvalue weighted by Crippen LogP contribution is -2.37. The van der Waals surface area contributed by atoms with E-state index in [1.807, 2.05) is 30.3 Å². The lowest BCUT2D eigenvalue weighted by atomic mass is 9.98. The van der Waals surface area contributed by atoms with Gasteiger partial charge in [0.05, 0.1) is 18.2 Å². The maximum absolute atomic E-state index is 14.0. The molecule has 0 radical (unpaired) electrons. The van der Waals surface area contributed by atoms with Crippen molar-refractivity contribution in [2.24, 2.45) is 5.92 Å². The molecule has 1 atom stereocenters. The minimum Gasteiger partial charge on any atom is -0.493 e. The van der Waals surface area contributed by atoms with Crippen molar-refractivity contribution in [1.82, 2.24) is 4.90 Å². The van der Waals surface area contributed by atoms with Gasteiger partial charge in [-0.15, -0.1) is 0 Å². The van der Waals surface area contributed by atoms with Crippen LogP contribution in [0.25, 0.3) is 0 Å². The molecule has 1 fully saturated rings. The van der Waals surface area contributed by atoms with Crippen LogP contribution in [0.3, 0.4) is 0 Å². The van der Waals surface area contributed by atoms with Crippen LogP contribution in [-0.2, 0) is 6.54 Å². The molecule has 0 spiro atoms. The van der Waals surface area contributed by atoms with Crippen molar-refractivity contribution < 1.29 is 9.13 Å². The van der Waals surface area contributed by atoms with E-state index in [1.54, 1.807) is 6.07 Å². The van der Waals surface area contributed by atoms with Gasteiger partial charge in [0.25, 0.3) is 0 Å². The predicted octanol–water partition coefficient (Wildman–Crippen LogP) is 3.99. The SMILES string of the molecule is N#Cc1ccc(F)c(CN2CCCC(COc3ccccc3)C2)c1.